The van der Waals surface area contributed by atoms with E-state index in [1.54, 1.807) is 0 Å². The molecule has 1 unspecified atom stereocenters. The summed E-state index contributed by atoms with van der Waals surface area (Å²) >= 11 is 0. The third-order valence-electron chi connectivity index (χ3n) is 2.36. The summed E-state index contributed by atoms with van der Waals surface area (Å²) < 4.78 is 16.7. The Balaban J connectivity index is 2.11. The summed E-state index contributed by atoms with van der Waals surface area (Å²) in [6.07, 6.45) is 0. The monoisotopic (exact) mass is 296 g/mol. The van der Waals surface area contributed by atoms with Gasteiger partial charge in [-0.05, 0) is 12.1 Å². The van der Waals surface area contributed by atoms with E-state index in [0.29, 0.717) is 4.90 Å². The van der Waals surface area contributed by atoms with Crippen molar-refractivity contribution in [3.05, 3.63) is 51.9 Å². The van der Waals surface area contributed by atoms with Gasteiger partial charge in [0.05, 0.1) is 21.5 Å². The Labute approximate surface area is 114 Å². The zero-order chi connectivity index (χ0) is 14.7. The van der Waals surface area contributed by atoms with Crippen LogP contribution in [-0.4, -0.2) is 25.4 Å². The van der Waals surface area contributed by atoms with Crippen LogP contribution in [-0.2, 0) is 16.6 Å². The molecule has 9 heteroatoms. The van der Waals surface area contributed by atoms with Crippen molar-refractivity contribution in [2.24, 2.45) is 0 Å². The van der Waals surface area contributed by atoms with Crippen LogP contribution < -0.4 is 0 Å². The maximum absolute atomic E-state index is 12.0. The number of hydrogen-bond acceptors (Lipinski definition) is 6. The number of rotatable bonds is 5. The average molecular weight is 296 g/mol. The van der Waals surface area contributed by atoms with E-state index in [4.69, 9.17) is 9.63 Å². The molecule has 0 fully saturated rings. The largest absolute Gasteiger partial charge is 0.476 e. The van der Waals surface area contributed by atoms with Gasteiger partial charge in [-0.2, -0.15) is 0 Å². The fraction of sp³-hybridized carbons (Fsp3) is 0.0909. The lowest BCUT2D eigenvalue weighted by molar-refractivity contribution is -0.384. The molecule has 1 aromatic carbocycles. The number of nitrogens with zero attached hydrogens (tertiary/aromatic N) is 2. The van der Waals surface area contributed by atoms with Crippen LogP contribution in [0.15, 0.2) is 39.8 Å². The summed E-state index contributed by atoms with van der Waals surface area (Å²) in [6.45, 7) is 0. The second-order valence-electron chi connectivity index (χ2n) is 3.72. The highest BCUT2D eigenvalue weighted by Crippen LogP contribution is 2.17. The molecule has 0 saturated heterocycles. The number of carboxylic acids is 1. The molecule has 1 atom stereocenters. The minimum absolute atomic E-state index is 0.0574. The molecule has 0 radical (unpaired) electrons. The lowest BCUT2D eigenvalue weighted by atomic mass is 10.3. The lowest BCUT2D eigenvalue weighted by Crippen LogP contribution is -1.97. The first kappa shape index (κ1) is 13.9. The quantitative estimate of drug-likeness (QED) is 0.656. The fourth-order valence-electron chi connectivity index (χ4n) is 1.41. The molecule has 20 heavy (non-hydrogen) atoms. The van der Waals surface area contributed by atoms with Gasteiger partial charge < -0.3 is 9.63 Å². The molecule has 1 heterocycles. The molecule has 0 saturated carbocycles. The highest BCUT2D eigenvalue weighted by molar-refractivity contribution is 7.84. The van der Waals surface area contributed by atoms with Crippen LogP contribution in [0.3, 0.4) is 0 Å². The van der Waals surface area contributed by atoms with Crippen LogP contribution in [0.25, 0.3) is 0 Å². The zero-order valence-corrected chi connectivity index (χ0v) is 10.7. The zero-order valence-electron chi connectivity index (χ0n) is 9.88. The molecule has 104 valence electrons. The van der Waals surface area contributed by atoms with Gasteiger partial charge in [-0.1, -0.05) is 5.16 Å². The molecular weight excluding hydrogens is 288 g/mol. The second kappa shape index (κ2) is 5.61. The Morgan fingerprint density at radius 2 is 2.05 bits per heavy atom. The number of nitro benzene ring substituents is 1. The van der Waals surface area contributed by atoms with Crippen molar-refractivity contribution in [1.29, 1.82) is 0 Å². The summed E-state index contributed by atoms with van der Waals surface area (Å²) in [5, 5.41) is 22.5. The Hall–Kier alpha value is -2.55. The first-order valence-electron chi connectivity index (χ1n) is 5.29. The molecule has 8 nitrogen and oxygen atoms in total. The second-order valence-corrected chi connectivity index (χ2v) is 5.18. The molecule has 1 N–H and O–H groups in total. The number of hydrogen-bond donors (Lipinski definition) is 1. The Morgan fingerprint density at radius 3 is 2.55 bits per heavy atom. The van der Waals surface area contributed by atoms with Crippen LogP contribution in [0, 0.1) is 10.1 Å². The predicted octanol–water partition coefficient (Wildman–Crippen LogP) is 1.59. The van der Waals surface area contributed by atoms with Crippen LogP contribution in [0.1, 0.15) is 16.2 Å². The van der Waals surface area contributed by atoms with Crippen molar-refractivity contribution in [2.45, 2.75) is 10.6 Å². The molecule has 0 amide bonds. The van der Waals surface area contributed by atoms with Gasteiger partial charge in [0.15, 0.2) is 5.69 Å². The molecule has 0 spiro atoms. The Bertz CT molecular complexity index is 678. The average Bonchev–Trinajstić information content (AvgIpc) is 2.87. The molecule has 2 aromatic rings. The highest BCUT2D eigenvalue weighted by atomic mass is 32.2. The van der Waals surface area contributed by atoms with Crippen LogP contribution in [0.5, 0.6) is 0 Å². The maximum Gasteiger partial charge on any atom is 0.358 e. The van der Waals surface area contributed by atoms with Crippen molar-refractivity contribution >= 4 is 22.5 Å². The van der Waals surface area contributed by atoms with Crippen molar-refractivity contribution in [1.82, 2.24) is 5.16 Å². The number of aromatic carboxylic acids is 1. The van der Waals surface area contributed by atoms with E-state index in [9.17, 15) is 19.1 Å². The first-order valence-corrected chi connectivity index (χ1v) is 6.61. The van der Waals surface area contributed by atoms with Crippen molar-refractivity contribution in [2.75, 3.05) is 0 Å². The van der Waals surface area contributed by atoms with Gasteiger partial charge in [0.2, 0.25) is 0 Å². The first-order chi connectivity index (χ1) is 9.47. The third-order valence-corrected chi connectivity index (χ3v) is 3.71. The van der Waals surface area contributed by atoms with E-state index in [2.05, 4.69) is 5.16 Å². The van der Waals surface area contributed by atoms with Crippen molar-refractivity contribution < 1.29 is 23.6 Å². The molecule has 1 aromatic heterocycles. The molecule has 0 aliphatic heterocycles. The van der Waals surface area contributed by atoms with E-state index in [0.717, 1.165) is 0 Å². The standard InChI is InChI=1S/C11H8N2O6S/c14-11(15)10-5-8(19-12-10)6-20(18)9-3-1-7(2-4-9)13(16)17/h1-5H,6H2,(H,14,15). The molecule has 2 rings (SSSR count). The number of carboxylic acid groups (broad SMARTS) is 1. The normalized spacial score (nSPS) is 12.0. The lowest BCUT2D eigenvalue weighted by Gasteiger charge is -1.99. The third kappa shape index (κ3) is 3.06. The molecular formula is C11H8N2O6S. The summed E-state index contributed by atoms with van der Waals surface area (Å²) in [5.41, 5.74) is -0.362. The Kier molecular flexibility index (Phi) is 3.89. The predicted molar refractivity (Wildman–Crippen MR) is 66.7 cm³/mol. The number of benzene rings is 1. The SMILES string of the molecule is O=C(O)c1cc(CS(=O)c2ccc([N+](=O)[O-])cc2)on1. The summed E-state index contributed by atoms with van der Waals surface area (Å²) in [5.74, 6) is -1.13. The van der Waals surface area contributed by atoms with Gasteiger partial charge in [-0.15, -0.1) is 0 Å². The van der Waals surface area contributed by atoms with E-state index in [1.165, 1.54) is 30.3 Å². The smallest absolute Gasteiger partial charge is 0.358 e. The summed E-state index contributed by atoms with van der Waals surface area (Å²) in [4.78, 5) is 20.9. The summed E-state index contributed by atoms with van der Waals surface area (Å²) in [7, 11) is -1.51. The Morgan fingerprint density at radius 1 is 1.40 bits per heavy atom. The topological polar surface area (TPSA) is 124 Å². The van der Waals surface area contributed by atoms with Gasteiger partial charge in [-0.3, -0.25) is 14.3 Å². The van der Waals surface area contributed by atoms with Gasteiger partial charge in [0.1, 0.15) is 5.76 Å². The van der Waals surface area contributed by atoms with E-state index < -0.39 is 21.7 Å². The van der Waals surface area contributed by atoms with E-state index in [1.807, 2.05) is 0 Å². The van der Waals surface area contributed by atoms with Crippen molar-refractivity contribution in [3.8, 4) is 0 Å². The minimum atomic E-state index is -1.51. The molecule has 0 bridgehead atoms. The van der Waals surface area contributed by atoms with Gasteiger partial charge >= 0.3 is 5.97 Å². The molecule has 0 aliphatic carbocycles. The van der Waals surface area contributed by atoms with Gasteiger partial charge in [0.25, 0.3) is 5.69 Å². The minimum Gasteiger partial charge on any atom is -0.476 e. The van der Waals surface area contributed by atoms with Crippen molar-refractivity contribution in [3.63, 3.8) is 0 Å². The number of nitro groups is 1. The number of aromatic nitrogens is 1. The number of non-ortho nitro benzene ring substituents is 1. The van der Waals surface area contributed by atoms with Crippen LogP contribution in [0.2, 0.25) is 0 Å². The highest BCUT2D eigenvalue weighted by Gasteiger charge is 2.14. The summed E-state index contributed by atoms with van der Waals surface area (Å²) in [6, 6.07) is 6.43. The van der Waals surface area contributed by atoms with E-state index >= 15 is 0 Å². The maximum atomic E-state index is 12.0. The fourth-order valence-corrected chi connectivity index (χ4v) is 2.41. The number of carbonyl (C=O) groups is 1. The van der Waals surface area contributed by atoms with Gasteiger partial charge in [0, 0.05) is 23.1 Å². The molecule has 0 aliphatic rings. The van der Waals surface area contributed by atoms with Gasteiger partial charge in [-0.25, -0.2) is 4.79 Å². The van der Waals surface area contributed by atoms with Crippen LogP contribution >= 0.6 is 0 Å². The van der Waals surface area contributed by atoms with Crippen LogP contribution in [0.4, 0.5) is 5.69 Å². The van der Waals surface area contributed by atoms with E-state index in [-0.39, 0.29) is 22.9 Å².